The molecule has 0 spiro atoms. The molecule has 0 radical (unpaired) electrons. The first kappa shape index (κ1) is 42.8. The molecule has 0 saturated heterocycles. The fraction of sp³-hybridized carbons (Fsp3) is 0.0294. The molecular weight excluding hydrogens is 831 g/mol. The lowest BCUT2D eigenvalue weighted by Crippen LogP contribution is -2.10. The molecule has 0 saturated carbocycles. The van der Waals surface area contributed by atoms with Crippen LogP contribution in [-0.4, -0.2) is 0 Å². The number of nitrogens with zero attached hydrogens (tertiary/aromatic N) is 1. The van der Waals surface area contributed by atoms with Crippen LogP contribution in [0.15, 0.2) is 291 Å². The molecule has 0 bridgehead atoms. The first-order valence-electron chi connectivity index (χ1n) is 23.9. The highest BCUT2D eigenvalue weighted by atomic mass is 15.1. The van der Waals surface area contributed by atoms with Gasteiger partial charge in [0.1, 0.15) is 0 Å². The van der Waals surface area contributed by atoms with Crippen LogP contribution < -0.4 is 4.90 Å². The molecule has 1 heteroatoms. The summed E-state index contributed by atoms with van der Waals surface area (Å²) in [5.74, 6) is 0.142. The molecule has 0 heterocycles. The third-order valence-corrected chi connectivity index (χ3v) is 13.3. The first-order valence-corrected chi connectivity index (χ1v) is 23.9. The topological polar surface area (TPSA) is 3.24 Å². The van der Waals surface area contributed by atoms with Crippen LogP contribution in [-0.2, 0) is 6.42 Å². The maximum atomic E-state index is 2.42. The molecule has 1 nitrogen and oxygen atoms in total. The standard InChI is InChI=1S/C68H51N/c1-5-17-51(18-6-1)55-33-31-50(32-34-55)47-68(59-37-35-56(36-38-59)52-19-7-2-8-20-52)61-26-15-25-60(48-61)66-29-13-14-30-67(66)62-27-16-28-65(49-62)69(63-43-39-57(40-44-63)53-21-9-3-10-22-53)64-45-41-58(42-46-64)54-23-11-4-12-24-54/h1-46,48-49,68H,47H2. The van der Waals surface area contributed by atoms with E-state index in [2.05, 4.69) is 296 Å². The van der Waals surface area contributed by atoms with Crippen LogP contribution in [0.2, 0.25) is 0 Å². The normalized spacial score (nSPS) is 11.5. The molecule has 11 aromatic rings. The average Bonchev–Trinajstić information content (AvgIpc) is 3.44. The van der Waals surface area contributed by atoms with Crippen molar-refractivity contribution in [1.29, 1.82) is 0 Å². The molecule has 0 fully saturated rings. The summed E-state index contributed by atoms with van der Waals surface area (Å²) < 4.78 is 0. The lowest BCUT2D eigenvalue weighted by Gasteiger charge is -2.27. The lowest BCUT2D eigenvalue weighted by molar-refractivity contribution is 0.806. The molecule has 0 aliphatic rings. The Kier molecular flexibility index (Phi) is 12.4. The summed E-state index contributed by atoms with van der Waals surface area (Å²) in [7, 11) is 0. The highest BCUT2D eigenvalue weighted by Gasteiger charge is 2.19. The number of anilines is 3. The van der Waals surface area contributed by atoms with Gasteiger partial charge in [0.15, 0.2) is 0 Å². The largest absolute Gasteiger partial charge is 0.310 e. The SMILES string of the molecule is c1ccc(-c2ccc(CC(c3ccc(-c4ccccc4)cc3)c3cccc(-c4ccccc4-c4cccc(N(c5ccc(-c6ccccc6)cc5)c5ccc(-c6ccccc6)cc5)c4)c3)cc2)cc1. The summed E-state index contributed by atoms with van der Waals surface area (Å²) in [5.41, 5.74) is 21.6. The van der Waals surface area contributed by atoms with E-state index in [9.17, 15) is 0 Å². The van der Waals surface area contributed by atoms with E-state index >= 15 is 0 Å². The van der Waals surface area contributed by atoms with Crippen LogP contribution in [0.3, 0.4) is 0 Å². The number of benzene rings is 11. The van der Waals surface area contributed by atoms with Crippen molar-refractivity contribution in [2.24, 2.45) is 0 Å². The van der Waals surface area contributed by atoms with E-state index in [1.165, 1.54) is 77.9 Å². The van der Waals surface area contributed by atoms with E-state index in [0.717, 1.165) is 29.0 Å². The van der Waals surface area contributed by atoms with Crippen LogP contribution in [0, 0.1) is 0 Å². The minimum absolute atomic E-state index is 0.142. The highest BCUT2D eigenvalue weighted by Crippen LogP contribution is 2.41. The molecule has 0 aliphatic heterocycles. The van der Waals surface area contributed by atoms with Gasteiger partial charge in [-0.05, 0) is 126 Å². The second-order valence-corrected chi connectivity index (χ2v) is 17.7. The van der Waals surface area contributed by atoms with Crippen LogP contribution in [0.25, 0.3) is 66.8 Å². The van der Waals surface area contributed by atoms with Gasteiger partial charge in [-0.1, -0.05) is 255 Å². The summed E-state index contributed by atoms with van der Waals surface area (Å²) >= 11 is 0. The molecule has 11 rings (SSSR count). The van der Waals surface area contributed by atoms with E-state index in [0.29, 0.717) is 0 Å². The van der Waals surface area contributed by atoms with Crippen LogP contribution in [0.5, 0.6) is 0 Å². The average molecular weight is 882 g/mol. The third kappa shape index (κ3) is 9.59. The molecule has 0 aliphatic carbocycles. The number of rotatable bonds is 13. The van der Waals surface area contributed by atoms with Gasteiger partial charge in [0.05, 0.1) is 0 Å². The lowest BCUT2D eigenvalue weighted by atomic mass is 9.83. The Hall–Kier alpha value is -8.78. The van der Waals surface area contributed by atoms with E-state index < -0.39 is 0 Å². The van der Waals surface area contributed by atoms with Crippen molar-refractivity contribution in [3.8, 4) is 66.8 Å². The monoisotopic (exact) mass is 881 g/mol. The number of hydrogen-bond acceptors (Lipinski definition) is 1. The smallest absolute Gasteiger partial charge is 0.0467 e. The van der Waals surface area contributed by atoms with Gasteiger partial charge in [-0.25, -0.2) is 0 Å². The second-order valence-electron chi connectivity index (χ2n) is 17.7. The summed E-state index contributed by atoms with van der Waals surface area (Å²) in [6.07, 6.45) is 0.876. The second kappa shape index (κ2) is 20.0. The van der Waals surface area contributed by atoms with Gasteiger partial charge in [-0.2, -0.15) is 0 Å². The predicted octanol–water partition coefficient (Wildman–Crippen LogP) is 18.5. The molecule has 11 aromatic carbocycles. The Morgan fingerprint density at radius 1 is 0.232 bits per heavy atom. The van der Waals surface area contributed by atoms with E-state index in [1.807, 2.05) is 0 Å². The summed E-state index contributed by atoms with van der Waals surface area (Å²) in [6, 6.07) is 106. The predicted molar refractivity (Wildman–Crippen MR) is 292 cm³/mol. The summed E-state index contributed by atoms with van der Waals surface area (Å²) in [6.45, 7) is 0. The molecular formula is C68H51N. The zero-order valence-corrected chi connectivity index (χ0v) is 38.4. The Labute approximate surface area is 406 Å². The fourth-order valence-electron chi connectivity index (χ4n) is 9.70. The molecule has 0 aromatic heterocycles. The van der Waals surface area contributed by atoms with Gasteiger partial charge in [0.25, 0.3) is 0 Å². The van der Waals surface area contributed by atoms with Gasteiger partial charge in [0, 0.05) is 23.0 Å². The van der Waals surface area contributed by atoms with Crippen LogP contribution in [0.4, 0.5) is 17.1 Å². The first-order chi connectivity index (χ1) is 34.2. The minimum atomic E-state index is 0.142. The molecule has 0 amide bonds. The molecule has 0 N–H and O–H groups in total. The minimum Gasteiger partial charge on any atom is -0.310 e. The maximum Gasteiger partial charge on any atom is 0.0467 e. The highest BCUT2D eigenvalue weighted by molar-refractivity contribution is 5.87. The van der Waals surface area contributed by atoms with Crippen LogP contribution in [0.1, 0.15) is 22.6 Å². The van der Waals surface area contributed by atoms with E-state index in [4.69, 9.17) is 0 Å². The van der Waals surface area contributed by atoms with Crippen molar-refractivity contribution >= 4 is 17.1 Å². The fourth-order valence-corrected chi connectivity index (χ4v) is 9.70. The van der Waals surface area contributed by atoms with E-state index in [-0.39, 0.29) is 5.92 Å². The Morgan fingerprint density at radius 2 is 0.580 bits per heavy atom. The Morgan fingerprint density at radius 3 is 1.03 bits per heavy atom. The quantitative estimate of drug-likeness (QED) is 0.112. The van der Waals surface area contributed by atoms with Gasteiger partial charge in [-0.15, -0.1) is 0 Å². The maximum absolute atomic E-state index is 2.42. The molecule has 328 valence electrons. The van der Waals surface area contributed by atoms with Gasteiger partial charge in [0.2, 0.25) is 0 Å². The van der Waals surface area contributed by atoms with Crippen molar-refractivity contribution in [3.05, 3.63) is 308 Å². The molecule has 1 unspecified atom stereocenters. The number of hydrogen-bond donors (Lipinski definition) is 0. The van der Waals surface area contributed by atoms with E-state index in [1.54, 1.807) is 0 Å². The van der Waals surface area contributed by atoms with Gasteiger partial charge >= 0.3 is 0 Å². The Balaban J connectivity index is 0.955. The van der Waals surface area contributed by atoms with Gasteiger partial charge < -0.3 is 4.90 Å². The van der Waals surface area contributed by atoms with Crippen molar-refractivity contribution in [2.45, 2.75) is 12.3 Å². The zero-order chi connectivity index (χ0) is 46.2. The van der Waals surface area contributed by atoms with Crippen molar-refractivity contribution in [3.63, 3.8) is 0 Å². The third-order valence-electron chi connectivity index (χ3n) is 13.3. The van der Waals surface area contributed by atoms with Crippen molar-refractivity contribution in [1.82, 2.24) is 0 Å². The molecule has 1 atom stereocenters. The van der Waals surface area contributed by atoms with Crippen molar-refractivity contribution in [2.75, 3.05) is 4.90 Å². The zero-order valence-electron chi connectivity index (χ0n) is 38.4. The van der Waals surface area contributed by atoms with Crippen molar-refractivity contribution < 1.29 is 0 Å². The molecule has 69 heavy (non-hydrogen) atoms. The van der Waals surface area contributed by atoms with Gasteiger partial charge in [-0.3, -0.25) is 0 Å². The van der Waals surface area contributed by atoms with Crippen LogP contribution >= 0.6 is 0 Å². The summed E-state index contributed by atoms with van der Waals surface area (Å²) in [5, 5.41) is 0. The summed E-state index contributed by atoms with van der Waals surface area (Å²) in [4.78, 5) is 2.37. The Bertz CT molecular complexity index is 3320.